The summed E-state index contributed by atoms with van der Waals surface area (Å²) in [6.07, 6.45) is 1.88. The van der Waals surface area contributed by atoms with Crippen molar-refractivity contribution in [1.29, 1.82) is 0 Å². The Balaban J connectivity index is 1.76. The van der Waals surface area contributed by atoms with E-state index in [1.807, 2.05) is 4.90 Å². The number of amides is 1. The van der Waals surface area contributed by atoms with Crippen LogP contribution in [0.25, 0.3) is 11.5 Å². The van der Waals surface area contributed by atoms with Gasteiger partial charge in [0.25, 0.3) is 0 Å². The van der Waals surface area contributed by atoms with Gasteiger partial charge in [-0.15, -0.1) is 0 Å². The summed E-state index contributed by atoms with van der Waals surface area (Å²) in [6, 6.07) is 2.99. The van der Waals surface area contributed by atoms with Gasteiger partial charge in [-0.3, -0.25) is 9.69 Å². The van der Waals surface area contributed by atoms with E-state index in [1.54, 1.807) is 7.11 Å². The Morgan fingerprint density at radius 1 is 1.46 bits per heavy atom. The molecule has 1 aliphatic rings. The summed E-state index contributed by atoms with van der Waals surface area (Å²) in [6.45, 7) is 0.901. The molecular formula is C16H17F2N3O3. The third-order valence-electron chi connectivity index (χ3n) is 4.11. The maximum Gasteiger partial charge on any atom is 0.234 e. The first kappa shape index (κ1) is 16.5. The van der Waals surface area contributed by atoms with Crippen molar-refractivity contribution in [2.75, 3.05) is 13.7 Å². The minimum atomic E-state index is -0.969. The molecule has 128 valence electrons. The SMILES string of the molecule is CO[C@H]1C[C@@H](C(N)=O)N(Cc2coc(-c3ccc(F)c(F)c3)n2)C1. The normalized spacial score (nSPS) is 21.3. The molecule has 0 radical (unpaired) electrons. The Morgan fingerprint density at radius 2 is 2.25 bits per heavy atom. The van der Waals surface area contributed by atoms with Crippen LogP contribution in [0.3, 0.4) is 0 Å². The highest BCUT2D eigenvalue weighted by Gasteiger charge is 2.36. The maximum atomic E-state index is 13.3. The lowest BCUT2D eigenvalue weighted by Gasteiger charge is -2.19. The van der Waals surface area contributed by atoms with Crippen molar-refractivity contribution >= 4 is 5.91 Å². The number of likely N-dealkylation sites (tertiary alicyclic amines) is 1. The zero-order chi connectivity index (χ0) is 17.3. The summed E-state index contributed by atoms with van der Waals surface area (Å²) in [5.74, 6) is -2.14. The van der Waals surface area contributed by atoms with Crippen LogP contribution in [-0.2, 0) is 16.1 Å². The molecule has 0 saturated carbocycles. The van der Waals surface area contributed by atoms with Crippen LogP contribution in [0.2, 0.25) is 0 Å². The molecule has 2 N–H and O–H groups in total. The van der Waals surface area contributed by atoms with Crippen LogP contribution in [0.4, 0.5) is 8.78 Å². The second kappa shape index (κ2) is 6.66. The number of hydrogen-bond donors (Lipinski definition) is 1. The molecule has 1 fully saturated rings. The number of halogens is 2. The van der Waals surface area contributed by atoms with E-state index >= 15 is 0 Å². The Labute approximate surface area is 137 Å². The fraction of sp³-hybridized carbons (Fsp3) is 0.375. The van der Waals surface area contributed by atoms with E-state index in [2.05, 4.69) is 4.98 Å². The molecule has 1 aromatic carbocycles. The van der Waals surface area contributed by atoms with Crippen molar-refractivity contribution in [3.63, 3.8) is 0 Å². The number of methoxy groups -OCH3 is 1. The average Bonchev–Trinajstić information content (AvgIpc) is 3.17. The molecule has 24 heavy (non-hydrogen) atoms. The fourth-order valence-electron chi connectivity index (χ4n) is 2.85. The largest absolute Gasteiger partial charge is 0.444 e. The Hall–Kier alpha value is -2.32. The van der Waals surface area contributed by atoms with Gasteiger partial charge in [0.1, 0.15) is 6.26 Å². The number of carbonyl (C=O) groups is 1. The van der Waals surface area contributed by atoms with Gasteiger partial charge in [0.05, 0.1) is 17.8 Å². The number of aromatic nitrogens is 1. The van der Waals surface area contributed by atoms with Crippen LogP contribution in [0.1, 0.15) is 12.1 Å². The first-order valence-electron chi connectivity index (χ1n) is 7.44. The highest BCUT2D eigenvalue weighted by molar-refractivity contribution is 5.80. The minimum absolute atomic E-state index is 0.0694. The molecule has 1 aromatic heterocycles. The van der Waals surface area contributed by atoms with Crippen LogP contribution in [0.5, 0.6) is 0 Å². The number of nitrogens with two attached hydrogens (primary N) is 1. The van der Waals surface area contributed by atoms with Gasteiger partial charge in [-0.05, 0) is 24.6 Å². The van der Waals surface area contributed by atoms with Crippen LogP contribution >= 0.6 is 0 Å². The standard InChI is InChI=1S/C16H17F2N3O3/c1-23-11-5-14(15(19)22)21(7-11)6-10-8-24-16(20-10)9-2-3-12(17)13(18)4-9/h2-4,8,11,14H,5-7H2,1H3,(H2,19,22)/t11-,14-/m0/s1. The molecule has 0 unspecified atom stereocenters. The number of hydrogen-bond acceptors (Lipinski definition) is 5. The summed E-state index contributed by atoms with van der Waals surface area (Å²) < 4.78 is 36.9. The molecule has 2 aromatic rings. The van der Waals surface area contributed by atoms with Gasteiger partial charge in [0.15, 0.2) is 11.6 Å². The van der Waals surface area contributed by atoms with Crippen LogP contribution in [0, 0.1) is 11.6 Å². The number of benzene rings is 1. The van der Waals surface area contributed by atoms with Gasteiger partial charge in [-0.2, -0.15) is 0 Å². The molecule has 1 saturated heterocycles. The van der Waals surface area contributed by atoms with Crippen molar-refractivity contribution in [3.8, 4) is 11.5 Å². The van der Waals surface area contributed by atoms with E-state index in [0.717, 1.165) is 12.1 Å². The van der Waals surface area contributed by atoms with Crippen LogP contribution in [0.15, 0.2) is 28.9 Å². The van der Waals surface area contributed by atoms with E-state index in [9.17, 15) is 13.6 Å². The fourth-order valence-corrected chi connectivity index (χ4v) is 2.85. The van der Waals surface area contributed by atoms with E-state index in [4.69, 9.17) is 14.9 Å². The van der Waals surface area contributed by atoms with Crippen molar-refractivity contribution in [1.82, 2.24) is 9.88 Å². The molecule has 0 bridgehead atoms. The molecule has 1 aliphatic heterocycles. The summed E-state index contributed by atoms with van der Waals surface area (Å²) in [4.78, 5) is 17.7. The van der Waals surface area contributed by atoms with Crippen molar-refractivity contribution in [3.05, 3.63) is 41.8 Å². The Morgan fingerprint density at radius 3 is 2.92 bits per heavy atom. The van der Waals surface area contributed by atoms with Crippen molar-refractivity contribution in [2.24, 2.45) is 5.73 Å². The van der Waals surface area contributed by atoms with Gasteiger partial charge >= 0.3 is 0 Å². The minimum Gasteiger partial charge on any atom is -0.444 e. The second-order valence-electron chi connectivity index (χ2n) is 5.71. The summed E-state index contributed by atoms with van der Waals surface area (Å²) >= 11 is 0. The lowest BCUT2D eigenvalue weighted by atomic mass is 10.2. The Kier molecular flexibility index (Phi) is 4.59. The monoisotopic (exact) mass is 337 g/mol. The van der Waals surface area contributed by atoms with Gasteiger partial charge in [0.2, 0.25) is 11.8 Å². The summed E-state index contributed by atoms with van der Waals surface area (Å²) in [7, 11) is 1.59. The average molecular weight is 337 g/mol. The Bertz CT molecular complexity index is 750. The third-order valence-corrected chi connectivity index (χ3v) is 4.11. The molecule has 3 rings (SSSR count). The first-order chi connectivity index (χ1) is 11.5. The van der Waals surface area contributed by atoms with Crippen molar-refractivity contribution in [2.45, 2.75) is 25.1 Å². The predicted octanol–water partition coefficient (Wildman–Crippen LogP) is 1.69. The molecule has 0 aliphatic carbocycles. The van der Waals surface area contributed by atoms with Gasteiger partial charge in [0, 0.05) is 25.8 Å². The van der Waals surface area contributed by atoms with Gasteiger partial charge in [-0.1, -0.05) is 0 Å². The van der Waals surface area contributed by atoms with E-state index in [0.29, 0.717) is 30.8 Å². The molecule has 2 atom stereocenters. The quantitative estimate of drug-likeness (QED) is 0.898. The number of nitrogens with zero attached hydrogens (tertiary/aromatic N) is 2. The highest BCUT2D eigenvalue weighted by Crippen LogP contribution is 2.25. The summed E-state index contributed by atoms with van der Waals surface area (Å²) in [5, 5.41) is 0. The maximum absolute atomic E-state index is 13.3. The summed E-state index contributed by atoms with van der Waals surface area (Å²) in [5.41, 5.74) is 6.33. The molecule has 1 amide bonds. The molecular weight excluding hydrogens is 320 g/mol. The van der Waals surface area contributed by atoms with Gasteiger partial charge in [-0.25, -0.2) is 13.8 Å². The topological polar surface area (TPSA) is 81.6 Å². The molecule has 6 nitrogen and oxygen atoms in total. The number of ether oxygens (including phenoxy) is 1. The zero-order valence-corrected chi connectivity index (χ0v) is 13.0. The number of rotatable bonds is 5. The van der Waals surface area contributed by atoms with E-state index < -0.39 is 23.6 Å². The number of oxazole rings is 1. The number of primary amides is 1. The predicted molar refractivity (Wildman–Crippen MR) is 80.7 cm³/mol. The molecule has 2 heterocycles. The highest BCUT2D eigenvalue weighted by atomic mass is 19.2. The number of carbonyl (C=O) groups excluding carboxylic acids is 1. The molecule has 0 spiro atoms. The first-order valence-corrected chi connectivity index (χ1v) is 7.44. The van der Waals surface area contributed by atoms with E-state index in [-0.39, 0.29) is 12.0 Å². The van der Waals surface area contributed by atoms with Crippen molar-refractivity contribution < 1.29 is 22.7 Å². The van der Waals surface area contributed by atoms with E-state index in [1.165, 1.54) is 12.3 Å². The molecule has 8 heteroatoms. The van der Waals surface area contributed by atoms with Gasteiger partial charge < -0.3 is 14.9 Å². The second-order valence-corrected chi connectivity index (χ2v) is 5.71. The van der Waals surface area contributed by atoms with Crippen LogP contribution < -0.4 is 5.73 Å². The smallest absolute Gasteiger partial charge is 0.234 e. The lowest BCUT2D eigenvalue weighted by Crippen LogP contribution is -2.39. The lowest BCUT2D eigenvalue weighted by molar-refractivity contribution is -0.122. The zero-order valence-electron chi connectivity index (χ0n) is 13.0. The van der Waals surface area contributed by atoms with Crippen LogP contribution in [-0.4, -0.2) is 41.6 Å². The third kappa shape index (κ3) is 3.29.